The van der Waals surface area contributed by atoms with Crippen LogP contribution in [0.25, 0.3) is 11.3 Å². The molecular formula is C15H9ClIrNO4S-. The van der Waals surface area contributed by atoms with Crippen LogP contribution < -0.4 is 4.18 Å². The second-order valence-corrected chi connectivity index (χ2v) is 6.28. The Morgan fingerprint density at radius 3 is 2.52 bits per heavy atom. The van der Waals surface area contributed by atoms with E-state index in [-0.39, 0.29) is 30.9 Å². The van der Waals surface area contributed by atoms with Crippen molar-refractivity contribution in [3.63, 3.8) is 0 Å². The molecule has 121 valence electrons. The van der Waals surface area contributed by atoms with Gasteiger partial charge in [-0.3, -0.25) is 0 Å². The summed E-state index contributed by atoms with van der Waals surface area (Å²) in [5, 5.41) is 4.19. The van der Waals surface area contributed by atoms with E-state index in [9.17, 15) is 8.42 Å². The Kier molecular flexibility index (Phi) is 5.59. The predicted octanol–water partition coefficient (Wildman–Crippen LogP) is 3.56. The van der Waals surface area contributed by atoms with Gasteiger partial charge in [0.2, 0.25) is 0 Å². The molecule has 0 bridgehead atoms. The molecule has 1 aromatic heterocycles. The summed E-state index contributed by atoms with van der Waals surface area (Å²) in [6.45, 7) is 0. The zero-order chi connectivity index (χ0) is 15.6. The van der Waals surface area contributed by atoms with E-state index in [2.05, 4.69) is 11.2 Å². The van der Waals surface area contributed by atoms with Gasteiger partial charge in [0, 0.05) is 36.9 Å². The number of hydrogen-bond acceptors (Lipinski definition) is 5. The molecule has 0 fully saturated rings. The van der Waals surface area contributed by atoms with Gasteiger partial charge in [0.1, 0.15) is 4.90 Å². The van der Waals surface area contributed by atoms with Gasteiger partial charge in [-0.05, 0) is 24.3 Å². The molecule has 2 aromatic carbocycles. The van der Waals surface area contributed by atoms with Crippen LogP contribution in [0, 0.1) is 6.07 Å². The number of nitrogens with zero attached hydrogens (tertiary/aromatic N) is 1. The first kappa shape index (κ1) is 17.7. The fourth-order valence-electron chi connectivity index (χ4n) is 1.73. The summed E-state index contributed by atoms with van der Waals surface area (Å²) < 4.78 is 34.0. The van der Waals surface area contributed by atoms with E-state index in [1.54, 1.807) is 12.1 Å². The van der Waals surface area contributed by atoms with Crippen LogP contribution >= 0.6 is 11.6 Å². The molecule has 0 saturated carbocycles. The Morgan fingerprint density at radius 2 is 1.87 bits per heavy atom. The molecule has 5 nitrogen and oxygen atoms in total. The van der Waals surface area contributed by atoms with Crippen molar-refractivity contribution < 1.29 is 37.2 Å². The van der Waals surface area contributed by atoms with Gasteiger partial charge in [-0.2, -0.15) is 8.42 Å². The van der Waals surface area contributed by atoms with E-state index in [1.807, 2.05) is 12.1 Å². The van der Waals surface area contributed by atoms with Gasteiger partial charge in [0.05, 0.1) is 0 Å². The molecular weight excluding hydrogens is 518 g/mol. The summed E-state index contributed by atoms with van der Waals surface area (Å²) in [7, 11) is -4.00. The Morgan fingerprint density at radius 1 is 1.13 bits per heavy atom. The first-order chi connectivity index (χ1) is 10.5. The molecule has 0 aliphatic heterocycles. The number of rotatable bonds is 4. The van der Waals surface area contributed by atoms with Gasteiger partial charge in [0.15, 0.2) is 0 Å². The first-order valence-corrected chi connectivity index (χ1v) is 7.97. The average Bonchev–Trinajstić information content (AvgIpc) is 2.96. The van der Waals surface area contributed by atoms with Crippen molar-refractivity contribution in [1.82, 2.24) is 5.16 Å². The molecule has 1 radical (unpaired) electrons. The number of benzene rings is 2. The van der Waals surface area contributed by atoms with E-state index >= 15 is 0 Å². The minimum Gasteiger partial charge on any atom is -0.341 e. The molecule has 0 amide bonds. The third-order valence-corrected chi connectivity index (χ3v) is 4.25. The zero-order valence-electron chi connectivity index (χ0n) is 11.4. The van der Waals surface area contributed by atoms with Crippen LogP contribution in [0.1, 0.15) is 0 Å². The number of hydrogen-bond donors (Lipinski definition) is 0. The van der Waals surface area contributed by atoms with E-state index in [0.717, 1.165) is 0 Å². The van der Waals surface area contributed by atoms with E-state index < -0.39 is 10.1 Å². The third kappa shape index (κ3) is 4.20. The third-order valence-electron chi connectivity index (χ3n) is 2.77. The maximum atomic E-state index is 12.1. The molecule has 0 spiro atoms. The van der Waals surface area contributed by atoms with Crippen molar-refractivity contribution in [2.75, 3.05) is 0 Å². The molecule has 3 aromatic rings. The van der Waals surface area contributed by atoms with Crippen molar-refractivity contribution in [3.05, 3.63) is 65.7 Å². The maximum Gasteiger partial charge on any atom is 0.341 e. The summed E-state index contributed by atoms with van der Waals surface area (Å²) in [6.07, 6.45) is 0. The molecule has 0 saturated heterocycles. The van der Waals surface area contributed by atoms with E-state index in [1.165, 1.54) is 30.3 Å². The van der Waals surface area contributed by atoms with Crippen LogP contribution in [0.3, 0.4) is 0 Å². The molecule has 0 N–H and O–H groups in total. The number of halogens is 1. The normalized spacial score (nSPS) is 10.8. The van der Waals surface area contributed by atoms with Gasteiger partial charge in [-0.15, -0.1) is 41.1 Å². The van der Waals surface area contributed by atoms with Crippen LogP contribution in [-0.2, 0) is 30.2 Å². The van der Waals surface area contributed by atoms with Crippen LogP contribution in [0.4, 0.5) is 0 Å². The summed E-state index contributed by atoms with van der Waals surface area (Å²) in [5.74, 6) is -0.220. The zero-order valence-corrected chi connectivity index (χ0v) is 15.4. The van der Waals surface area contributed by atoms with E-state index in [0.29, 0.717) is 16.3 Å². The van der Waals surface area contributed by atoms with Gasteiger partial charge in [0.25, 0.3) is 0 Å². The minimum atomic E-state index is -4.00. The summed E-state index contributed by atoms with van der Waals surface area (Å²) >= 11 is 5.73. The maximum absolute atomic E-state index is 12.1. The molecule has 0 unspecified atom stereocenters. The smallest absolute Gasteiger partial charge is 0.341 e. The standard InChI is InChI=1S/C15H9ClNO4S.Ir/c16-12-6-8-13(9-7-12)22(18,19)21-15-10-14(17-20-15)11-4-2-1-3-5-11;/h1-4,6-10H;/q-1;. The molecule has 3 rings (SSSR count). The minimum absolute atomic E-state index is 0. The second kappa shape index (κ2) is 7.27. The Labute approximate surface area is 151 Å². The fourth-order valence-corrected chi connectivity index (χ4v) is 2.72. The first-order valence-electron chi connectivity index (χ1n) is 6.18. The Bertz CT molecular complexity index is 879. The summed E-state index contributed by atoms with van der Waals surface area (Å²) in [5.41, 5.74) is 1.10. The monoisotopic (exact) mass is 527 g/mol. The molecule has 0 aliphatic rings. The van der Waals surface area contributed by atoms with Crippen LogP contribution in [0.15, 0.2) is 64.0 Å². The molecule has 0 aliphatic carbocycles. The van der Waals surface area contributed by atoms with Gasteiger partial charge >= 0.3 is 16.1 Å². The summed E-state index contributed by atoms with van der Waals surface area (Å²) in [4.78, 5) is -0.0267. The van der Waals surface area contributed by atoms with Crippen molar-refractivity contribution in [1.29, 1.82) is 0 Å². The van der Waals surface area contributed by atoms with Crippen molar-refractivity contribution in [2.24, 2.45) is 0 Å². The van der Waals surface area contributed by atoms with Gasteiger partial charge < -0.3 is 8.71 Å². The topological polar surface area (TPSA) is 69.4 Å². The van der Waals surface area contributed by atoms with Crippen LogP contribution in [0.5, 0.6) is 5.95 Å². The SMILES string of the molecule is O=S(=O)(Oc1cc(-c2[c-]cccc2)no1)c1ccc(Cl)cc1.[Ir]. The molecule has 23 heavy (non-hydrogen) atoms. The predicted molar refractivity (Wildman–Crippen MR) is 80.0 cm³/mol. The van der Waals surface area contributed by atoms with Crippen molar-refractivity contribution in [3.8, 4) is 17.2 Å². The van der Waals surface area contributed by atoms with E-state index in [4.69, 9.17) is 20.3 Å². The largest absolute Gasteiger partial charge is 0.341 e. The summed E-state index contributed by atoms with van der Waals surface area (Å²) in [6, 6.07) is 17.1. The van der Waals surface area contributed by atoms with Crippen LogP contribution in [-0.4, -0.2) is 13.6 Å². The van der Waals surface area contributed by atoms with Gasteiger partial charge in [-0.1, -0.05) is 11.6 Å². The van der Waals surface area contributed by atoms with Crippen molar-refractivity contribution >= 4 is 21.7 Å². The van der Waals surface area contributed by atoms with Gasteiger partial charge in [-0.25, -0.2) is 0 Å². The second-order valence-electron chi connectivity index (χ2n) is 4.30. The number of aromatic nitrogens is 1. The fraction of sp³-hybridized carbons (Fsp3) is 0. The molecule has 1 heterocycles. The molecule has 8 heteroatoms. The average molecular weight is 527 g/mol. The quantitative estimate of drug-likeness (QED) is 0.384. The van der Waals surface area contributed by atoms with Crippen molar-refractivity contribution in [2.45, 2.75) is 4.90 Å². The molecule has 0 atom stereocenters. The Balaban J connectivity index is 0.00000192. The Hall–Kier alpha value is -1.66. The van der Waals surface area contributed by atoms with Crippen LogP contribution in [0.2, 0.25) is 5.02 Å².